The molecule has 0 aliphatic rings. The minimum Gasteiger partial charge on any atom is -0.383 e. The van der Waals surface area contributed by atoms with Gasteiger partial charge in [0.05, 0.1) is 0 Å². The lowest BCUT2D eigenvalue weighted by Crippen LogP contribution is -2.33. The summed E-state index contributed by atoms with van der Waals surface area (Å²) in [4.78, 5) is 3.81. The van der Waals surface area contributed by atoms with Gasteiger partial charge in [0, 0.05) is 12.2 Å². The molecule has 3 N–H and O–H groups in total. The molecule has 0 aliphatic heterocycles. The summed E-state index contributed by atoms with van der Waals surface area (Å²) in [5.74, 6) is 0.934. The van der Waals surface area contributed by atoms with E-state index in [0.717, 1.165) is 12.2 Å². The summed E-state index contributed by atoms with van der Waals surface area (Å²) in [7, 11) is -3.57. The number of nitrogen functional groups attached to an aromatic ring is 1. The lowest BCUT2D eigenvalue weighted by molar-refractivity contribution is 0.557. The van der Waals surface area contributed by atoms with Crippen molar-refractivity contribution in [3.05, 3.63) is 18.3 Å². The van der Waals surface area contributed by atoms with Crippen LogP contribution < -0.4 is 10.5 Å². The van der Waals surface area contributed by atoms with Gasteiger partial charge in [-0.1, -0.05) is 0 Å². The summed E-state index contributed by atoms with van der Waals surface area (Å²) in [5.41, 5.74) is 5.55. The molecule has 1 aromatic heterocycles. The van der Waals surface area contributed by atoms with Gasteiger partial charge in [-0.3, -0.25) is 0 Å². The van der Waals surface area contributed by atoms with Gasteiger partial charge in [-0.2, -0.15) is 11.8 Å². The molecule has 96 valence electrons. The summed E-state index contributed by atoms with van der Waals surface area (Å²) in [5, 5.41) is 0. The topological polar surface area (TPSA) is 85.1 Å². The number of thioether (sulfide) groups is 1. The molecular formula is C10H17N3O2S2. The molecule has 17 heavy (non-hydrogen) atoms. The Balaban J connectivity index is 2.79. The van der Waals surface area contributed by atoms with Crippen LogP contribution in [0.5, 0.6) is 0 Å². The molecule has 1 heterocycles. The third-order valence-corrected chi connectivity index (χ3v) is 4.48. The number of aromatic nitrogens is 1. The first-order chi connectivity index (χ1) is 7.97. The molecule has 0 spiro atoms. The van der Waals surface area contributed by atoms with Crippen LogP contribution in [-0.2, 0) is 10.0 Å². The molecule has 0 saturated heterocycles. The van der Waals surface area contributed by atoms with Gasteiger partial charge in [0.15, 0.2) is 0 Å². The molecule has 0 aromatic carbocycles. The second-order valence-corrected chi connectivity index (χ2v) is 6.36. The zero-order valence-corrected chi connectivity index (χ0v) is 11.5. The average molecular weight is 275 g/mol. The number of anilines is 1. The molecule has 7 heteroatoms. The fourth-order valence-electron chi connectivity index (χ4n) is 1.31. The van der Waals surface area contributed by atoms with Gasteiger partial charge < -0.3 is 5.73 Å². The van der Waals surface area contributed by atoms with Crippen LogP contribution in [0.2, 0.25) is 0 Å². The van der Waals surface area contributed by atoms with Crippen LogP contribution in [-0.4, -0.2) is 31.5 Å². The molecule has 1 rings (SSSR count). The molecule has 0 aliphatic carbocycles. The van der Waals surface area contributed by atoms with Gasteiger partial charge in [0.1, 0.15) is 10.7 Å². The van der Waals surface area contributed by atoms with Gasteiger partial charge >= 0.3 is 0 Å². The standard InChI is InChI=1S/C10H17N3O2S2/c1-8(5-7-16-2)13-17(14,15)9-4-3-6-12-10(9)11/h3-4,6,8,13H,5,7H2,1-2H3,(H2,11,12). The van der Waals surface area contributed by atoms with E-state index in [4.69, 9.17) is 5.73 Å². The fraction of sp³-hybridized carbons (Fsp3) is 0.500. The van der Waals surface area contributed by atoms with E-state index in [1.807, 2.05) is 13.2 Å². The van der Waals surface area contributed by atoms with Crippen LogP contribution in [0, 0.1) is 0 Å². The van der Waals surface area contributed by atoms with E-state index >= 15 is 0 Å². The maximum absolute atomic E-state index is 12.0. The van der Waals surface area contributed by atoms with Crippen LogP contribution in [0.4, 0.5) is 5.82 Å². The molecule has 0 radical (unpaired) electrons. The van der Waals surface area contributed by atoms with Crippen LogP contribution in [0.3, 0.4) is 0 Å². The molecule has 5 nitrogen and oxygen atoms in total. The highest BCUT2D eigenvalue weighted by Crippen LogP contribution is 2.15. The smallest absolute Gasteiger partial charge is 0.244 e. The van der Waals surface area contributed by atoms with Crippen molar-refractivity contribution in [2.45, 2.75) is 24.3 Å². The Kier molecular flexibility index (Phi) is 5.23. The Hall–Kier alpha value is -0.790. The van der Waals surface area contributed by atoms with Crippen LogP contribution in [0.1, 0.15) is 13.3 Å². The number of nitrogens with zero attached hydrogens (tertiary/aromatic N) is 1. The molecule has 1 aromatic rings. The fourth-order valence-corrected chi connectivity index (χ4v) is 3.26. The molecule has 0 fully saturated rings. The zero-order valence-electron chi connectivity index (χ0n) is 9.88. The molecule has 0 amide bonds. The van der Waals surface area contributed by atoms with E-state index in [0.29, 0.717) is 0 Å². The zero-order chi connectivity index (χ0) is 12.9. The Morgan fingerprint density at radius 1 is 1.59 bits per heavy atom. The van der Waals surface area contributed by atoms with E-state index in [1.165, 1.54) is 12.3 Å². The van der Waals surface area contributed by atoms with Crippen molar-refractivity contribution in [3.8, 4) is 0 Å². The number of pyridine rings is 1. The van der Waals surface area contributed by atoms with E-state index in [1.54, 1.807) is 17.8 Å². The van der Waals surface area contributed by atoms with Gasteiger partial charge in [-0.25, -0.2) is 18.1 Å². The summed E-state index contributed by atoms with van der Waals surface area (Å²) in [6, 6.07) is 2.88. The van der Waals surface area contributed by atoms with Gasteiger partial charge in [-0.15, -0.1) is 0 Å². The summed E-state index contributed by atoms with van der Waals surface area (Å²) >= 11 is 1.68. The normalized spacial score (nSPS) is 13.5. The van der Waals surface area contributed by atoms with Gasteiger partial charge in [0.2, 0.25) is 10.0 Å². The molecule has 0 saturated carbocycles. The quantitative estimate of drug-likeness (QED) is 0.811. The number of nitrogens with two attached hydrogens (primary N) is 1. The van der Waals surface area contributed by atoms with Crippen LogP contribution >= 0.6 is 11.8 Å². The van der Waals surface area contributed by atoms with E-state index in [-0.39, 0.29) is 16.8 Å². The number of nitrogens with one attached hydrogen (secondary N) is 1. The predicted octanol–water partition coefficient (Wildman–Crippen LogP) is 1.08. The molecule has 0 bridgehead atoms. The van der Waals surface area contributed by atoms with E-state index < -0.39 is 10.0 Å². The number of rotatable bonds is 6. The first-order valence-corrected chi connectivity index (χ1v) is 8.07. The lowest BCUT2D eigenvalue weighted by atomic mass is 10.3. The first-order valence-electron chi connectivity index (χ1n) is 5.19. The van der Waals surface area contributed by atoms with Crippen molar-refractivity contribution >= 4 is 27.6 Å². The lowest BCUT2D eigenvalue weighted by Gasteiger charge is -2.14. The Labute approximate surface area is 106 Å². The van der Waals surface area contributed by atoms with Crippen molar-refractivity contribution < 1.29 is 8.42 Å². The highest BCUT2D eigenvalue weighted by molar-refractivity contribution is 7.98. The number of hydrogen-bond donors (Lipinski definition) is 2. The molecular weight excluding hydrogens is 258 g/mol. The Bertz CT molecular complexity index is 462. The average Bonchev–Trinajstić information content (AvgIpc) is 2.26. The predicted molar refractivity (Wildman–Crippen MR) is 71.4 cm³/mol. The largest absolute Gasteiger partial charge is 0.383 e. The van der Waals surface area contributed by atoms with Crippen LogP contribution in [0.25, 0.3) is 0 Å². The van der Waals surface area contributed by atoms with Crippen molar-refractivity contribution in [3.63, 3.8) is 0 Å². The van der Waals surface area contributed by atoms with Gasteiger partial charge in [-0.05, 0) is 37.5 Å². The highest BCUT2D eigenvalue weighted by atomic mass is 32.2. The Morgan fingerprint density at radius 3 is 2.88 bits per heavy atom. The summed E-state index contributed by atoms with van der Waals surface area (Å²) < 4.78 is 26.6. The third kappa shape index (κ3) is 4.18. The summed E-state index contributed by atoms with van der Waals surface area (Å²) in [6.07, 6.45) is 4.23. The number of sulfonamides is 1. The monoisotopic (exact) mass is 275 g/mol. The first kappa shape index (κ1) is 14.3. The second-order valence-electron chi connectivity index (χ2n) is 3.69. The Morgan fingerprint density at radius 2 is 2.29 bits per heavy atom. The maximum atomic E-state index is 12.0. The maximum Gasteiger partial charge on any atom is 0.244 e. The minimum atomic E-state index is -3.57. The van der Waals surface area contributed by atoms with Crippen LogP contribution in [0.15, 0.2) is 23.2 Å². The second kappa shape index (κ2) is 6.23. The minimum absolute atomic E-state index is 0.0251. The van der Waals surface area contributed by atoms with Crippen molar-refractivity contribution in [2.75, 3.05) is 17.7 Å². The van der Waals surface area contributed by atoms with Crippen molar-refractivity contribution in [1.82, 2.24) is 9.71 Å². The molecule has 1 atom stereocenters. The molecule has 1 unspecified atom stereocenters. The highest BCUT2D eigenvalue weighted by Gasteiger charge is 2.19. The summed E-state index contributed by atoms with van der Waals surface area (Å²) in [6.45, 7) is 1.83. The van der Waals surface area contributed by atoms with Crippen molar-refractivity contribution in [2.24, 2.45) is 0 Å². The SMILES string of the molecule is CSCCC(C)NS(=O)(=O)c1cccnc1N. The number of hydrogen-bond acceptors (Lipinski definition) is 5. The van der Waals surface area contributed by atoms with E-state index in [2.05, 4.69) is 9.71 Å². The van der Waals surface area contributed by atoms with Crippen molar-refractivity contribution in [1.29, 1.82) is 0 Å². The van der Waals surface area contributed by atoms with E-state index in [9.17, 15) is 8.42 Å². The van der Waals surface area contributed by atoms with Gasteiger partial charge in [0.25, 0.3) is 0 Å². The third-order valence-electron chi connectivity index (χ3n) is 2.20.